The van der Waals surface area contributed by atoms with E-state index < -0.39 is 20.2 Å². The van der Waals surface area contributed by atoms with Crippen LogP contribution in [0.25, 0.3) is 0 Å². The van der Waals surface area contributed by atoms with Gasteiger partial charge in [0.05, 0.1) is 63.3 Å². The van der Waals surface area contributed by atoms with E-state index in [1.807, 2.05) is 4.90 Å². The van der Waals surface area contributed by atoms with E-state index >= 15 is 0 Å². The summed E-state index contributed by atoms with van der Waals surface area (Å²) in [6.45, 7) is 3.17. The van der Waals surface area contributed by atoms with Crippen LogP contribution in [0, 0.1) is 20.2 Å². The van der Waals surface area contributed by atoms with Gasteiger partial charge in [0.15, 0.2) is 0 Å². The van der Waals surface area contributed by atoms with Gasteiger partial charge < -0.3 is 13.9 Å². The molecule has 2 rings (SSSR count). The summed E-state index contributed by atoms with van der Waals surface area (Å²) in [5, 5.41) is 21.8. The molecule has 0 radical (unpaired) electrons. The Bertz CT molecular complexity index is 770. The molecule has 12 nitrogen and oxygen atoms in total. The first-order chi connectivity index (χ1) is 11.9. The number of hydrogen-bond donors (Lipinski definition) is 0. The van der Waals surface area contributed by atoms with Gasteiger partial charge in [0, 0.05) is 6.07 Å². The fourth-order valence-corrected chi connectivity index (χ4v) is 2.29. The van der Waals surface area contributed by atoms with Crippen molar-refractivity contribution in [3.8, 4) is 0 Å². The van der Waals surface area contributed by atoms with Gasteiger partial charge >= 0.3 is 0 Å². The van der Waals surface area contributed by atoms with Crippen molar-refractivity contribution in [3.63, 3.8) is 0 Å². The van der Waals surface area contributed by atoms with E-state index in [9.17, 15) is 33.2 Å². The van der Waals surface area contributed by atoms with Gasteiger partial charge in [-0.2, -0.15) is 0 Å². The van der Waals surface area contributed by atoms with E-state index in [1.54, 1.807) is 0 Å². The Hall–Kier alpha value is -2.35. The zero-order valence-electron chi connectivity index (χ0n) is 14.5. The Kier molecular flexibility index (Phi) is 6.97. The summed E-state index contributed by atoms with van der Waals surface area (Å²) in [5.41, 5.74) is 0.000256. The Morgan fingerprint density at radius 1 is 1.12 bits per heavy atom. The molecule has 146 valence electrons. The highest BCUT2D eigenvalue weighted by Crippen LogP contribution is 2.32. The summed E-state index contributed by atoms with van der Waals surface area (Å²) in [5.74, 6) is 0. The number of nitro groups is 2. The Labute approximate surface area is 150 Å². The molecular formula is C13H20N4O8S. The van der Waals surface area contributed by atoms with Crippen molar-refractivity contribution in [2.45, 2.75) is 0 Å². The van der Waals surface area contributed by atoms with E-state index in [-0.39, 0.29) is 11.4 Å². The minimum atomic E-state index is -4.41. The molecule has 1 saturated heterocycles. The maximum atomic E-state index is 11.1. The van der Waals surface area contributed by atoms with Crippen molar-refractivity contribution in [2.75, 3.05) is 52.3 Å². The number of nitro benzene ring substituents is 2. The molecule has 0 saturated carbocycles. The van der Waals surface area contributed by atoms with Gasteiger partial charge in [-0.15, -0.1) is 0 Å². The molecule has 1 heterocycles. The highest BCUT2D eigenvalue weighted by molar-refractivity contribution is 7.80. The van der Waals surface area contributed by atoms with Crippen LogP contribution >= 0.6 is 0 Å². The number of rotatable bonds is 4. The Morgan fingerprint density at radius 2 is 1.62 bits per heavy atom. The Balaban J connectivity index is 0.000000487. The van der Waals surface area contributed by atoms with Crippen molar-refractivity contribution in [2.24, 2.45) is 0 Å². The highest BCUT2D eigenvalue weighted by atomic mass is 32.3. The van der Waals surface area contributed by atoms with Gasteiger partial charge in [-0.05, 0) is 6.07 Å². The maximum Gasteiger partial charge on any atom is 0.299 e. The first kappa shape index (κ1) is 21.7. The van der Waals surface area contributed by atoms with E-state index in [1.165, 1.54) is 12.1 Å². The third-order valence-corrected chi connectivity index (χ3v) is 4.27. The molecule has 1 aromatic carbocycles. The largest absolute Gasteiger partial charge is 0.726 e. The monoisotopic (exact) mass is 392 g/mol. The standard InChI is InChI=1S/C12H17N4O4.CH4O4S/c1-16(2)7-5-13(6-8-16)11-4-3-10(14(17)18)9-12(11)15(19)20;1-5-6(2,3)4/h3-4,9H,5-8H2,1-2H3;1H3,(H,2,3,4)/q+1;/p-1. The third-order valence-electron chi connectivity index (χ3n) is 3.86. The van der Waals surface area contributed by atoms with Crippen molar-refractivity contribution in [3.05, 3.63) is 38.4 Å². The molecule has 26 heavy (non-hydrogen) atoms. The average molecular weight is 392 g/mol. The minimum Gasteiger partial charge on any atom is -0.726 e. The third kappa shape index (κ3) is 6.51. The van der Waals surface area contributed by atoms with Gasteiger partial charge in [-0.1, -0.05) is 0 Å². The molecule has 0 bridgehead atoms. The van der Waals surface area contributed by atoms with Gasteiger partial charge in [-0.25, -0.2) is 8.42 Å². The molecule has 0 aromatic heterocycles. The van der Waals surface area contributed by atoms with Crippen LogP contribution in [0.15, 0.2) is 18.2 Å². The van der Waals surface area contributed by atoms with Crippen LogP contribution in [0.2, 0.25) is 0 Å². The van der Waals surface area contributed by atoms with Crippen molar-refractivity contribution in [1.29, 1.82) is 0 Å². The zero-order valence-corrected chi connectivity index (χ0v) is 15.3. The molecule has 13 heteroatoms. The van der Waals surface area contributed by atoms with Crippen LogP contribution in [-0.2, 0) is 14.6 Å². The molecule has 0 aliphatic carbocycles. The number of likely N-dealkylation sites (N-methyl/N-ethyl adjacent to an activating group) is 1. The quantitative estimate of drug-likeness (QED) is 0.234. The van der Waals surface area contributed by atoms with Crippen molar-refractivity contribution >= 4 is 27.5 Å². The van der Waals surface area contributed by atoms with Crippen LogP contribution in [-0.4, -0.2) is 74.7 Å². The number of nitrogens with zero attached hydrogens (tertiary/aromatic N) is 4. The molecule has 1 fully saturated rings. The SMILES string of the molecule is COS(=O)(=O)[O-].C[N+]1(C)CCN(c2ccc([N+](=O)[O-])cc2[N+](=O)[O-])CC1. The van der Waals surface area contributed by atoms with Gasteiger partial charge in [0.2, 0.25) is 10.4 Å². The van der Waals surface area contributed by atoms with Crippen molar-refractivity contribution in [1.82, 2.24) is 0 Å². The van der Waals surface area contributed by atoms with E-state index in [0.29, 0.717) is 18.8 Å². The van der Waals surface area contributed by atoms with Gasteiger partial charge in [0.25, 0.3) is 11.4 Å². The number of piperazine rings is 1. The molecule has 1 aromatic rings. The van der Waals surface area contributed by atoms with Crippen LogP contribution in [0.5, 0.6) is 0 Å². The lowest BCUT2D eigenvalue weighted by atomic mass is 10.2. The minimum absolute atomic E-state index is 0.202. The molecule has 1 aliphatic heterocycles. The second kappa shape index (κ2) is 8.35. The van der Waals surface area contributed by atoms with Crippen molar-refractivity contribution < 1.29 is 31.5 Å². The summed E-state index contributed by atoms with van der Waals surface area (Å²) in [6, 6.07) is 3.82. The number of hydrogen-bond acceptors (Lipinski definition) is 9. The normalized spacial score (nSPS) is 16.4. The molecule has 0 amide bonds. The van der Waals surface area contributed by atoms with E-state index in [2.05, 4.69) is 18.3 Å². The molecular weight excluding hydrogens is 372 g/mol. The first-order valence-corrected chi connectivity index (χ1v) is 8.71. The topological polar surface area (TPSA) is 156 Å². The molecule has 0 atom stereocenters. The second-order valence-electron chi connectivity index (χ2n) is 6.13. The van der Waals surface area contributed by atoms with Crippen LogP contribution in [0.3, 0.4) is 0 Å². The summed E-state index contributed by atoms with van der Waals surface area (Å²) < 4.78 is 31.9. The lowest BCUT2D eigenvalue weighted by Gasteiger charge is -2.39. The van der Waals surface area contributed by atoms with E-state index in [0.717, 1.165) is 30.7 Å². The number of benzene rings is 1. The smallest absolute Gasteiger partial charge is 0.299 e. The van der Waals surface area contributed by atoms with Crippen LogP contribution < -0.4 is 4.90 Å². The first-order valence-electron chi connectivity index (χ1n) is 7.37. The molecule has 0 unspecified atom stereocenters. The summed E-state index contributed by atoms with van der Waals surface area (Å²) in [6.07, 6.45) is 0. The molecule has 0 spiro atoms. The predicted molar refractivity (Wildman–Crippen MR) is 90.5 cm³/mol. The fraction of sp³-hybridized carbons (Fsp3) is 0.538. The Morgan fingerprint density at radius 3 is 2.00 bits per heavy atom. The molecule has 1 aliphatic rings. The van der Waals surface area contributed by atoms with E-state index in [4.69, 9.17) is 0 Å². The zero-order chi connectivity index (χ0) is 20.1. The van der Waals surface area contributed by atoms with Gasteiger partial charge in [-0.3, -0.25) is 24.4 Å². The fourth-order valence-electron chi connectivity index (χ4n) is 2.29. The lowest BCUT2D eigenvalue weighted by molar-refractivity contribution is -0.890. The maximum absolute atomic E-state index is 11.1. The average Bonchev–Trinajstić information content (AvgIpc) is 2.54. The number of non-ortho nitro benzene ring substituents is 1. The number of quaternary nitrogens is 1. The lowest BCUT2D eigenvalue weighted by Crippen LogP contribution is -2.54. The summed E-state index contributed by atoms with van der Waals surface area (Å²) in [4.78, 5) is 22.6. The van der Waals surface area contributed by atoms with Gasteiger partial charge in [0.1, 0.15) is 5.69 Å². The van der Waals surface area contributed by atoms with Crippen LogP contribution in [0.4, 0.5) is 17.1 Å². The molecule has 0 N–H and O–H groups in total. The number of anilines is 1. The summed E-state index contributed by atoms with van der Waals surface area (Å²) in [7, 11) is 0.621. The second-order valence-corrected chi connectivity index (χ2v) is 7.28. The predicted octanol–water partition coefficient (Wildman–Crippen LogP) is 0.492. The highest BCUT2D eigenvalue weighted by Gasteiger charge is 2.29. The van der Waals surface area contributed by atoms with Crippen LogP contribution in [0.1, 0.15) is 0 Å². The summed E-state index contributed by atoms with van der Waals surface area (Å²) >= 11 is 0.